The number of methoxy groups -OCH3 is 1. The van der Waals surface area contributed by atoms with Crippen LogP contribution in [0, 0.1) is 0 Å². The molecular weight excluding hydrogens is 242 g/mol. The van der Waals surface area contributed by atoms with Gasteiger partial charge in [0.1, 0.15) is 5.75 Å². The Morgan fingerprint density at radius 1 is 1.11 bits per heavy atom. The van der Waals surface area contributed by atoms with Crippen molar-refractivity contribution >= 4 is 11.8 Å². The van der Waals surface area contributed by atoms with Gasteiger partial charge in [0.2, 0.25) is 0 Å². The molecule has 0 spiro atoms. The van der Waals surface area contributed by atoms with E-state index in [1.54, 1.807) is 7.11 Å². The highest BCUT2D eigenvalue weighted by Crippen LogP contribution is 2.34. The molecule has 102 valence electrons. The van der Waals surface area contributed by atoms with Crippen molar-refractivity contribution < 1.29 is 4.74 Å². The molecule has 0 aliphatic carbocycles. The molecular formula is C15H25NOS. The zero-order chi connectivity index (χ0) is 13.8. The second-order valence-electron chi connectivity index (χ2n) is 6.06. The van der Waals surface area contributed by atoms with Gasteiger partial charge in [-0.05, 0) is 38.0 Å². The summed E-state index contributed by atoms with van der Waals surface area (Å²) in [6.45, 7) is 8.69. The van der Waals surface area contributed by atoms with Crippen molar-refractivity contribution in [3.05, 3.63) is 29.8 Å². The number of nitrogens with two attached hydrogens (primary N) is 1. The highest BCUT2D eigenvalue weighted by Gasteiger charge is 2.26. The van der Waals surface area contributed by atoms with E-state index in [1.165, 1.54) is 5.56 Å². The summed E-state index contributed by atoms with van der Waals surface area (Å²) in [4.78, 5) is 0. The van der Waals surface area contributed by atoms with Gasteiger partial charge in [0.25, 0.3) is 0 Å². The predicted molar refractivity (Wildman–Crippen MR) is 81.3 cm³/mol. The van der Waals surface area contributed by atoms with Gasteiger partial charge in [-0.1, -0.05) is 26.0 Å². The van der Waals surface area contributed by atoms with Gasteiger partial charge in [0.15, 0.2) is 0 Å². The van der Waals surface area contributed by atoms with Crippen molar-refractivity contribution in [1.29, 1.82) is 0 Å². The van der Waals surface area contributed by atoms with Gasteiger partial charge >= 0.3 is 0 Å². The Morgan fingerprint density at radius 3 is 2.11 bits per heavy atom. The Labute approximate surface area is 115 Å². The van der Waals surface area contributed by atoms with E-state index in [1.807, 2.05) is 23.9 Å². The van der Waals surface area contributed by atoms with E-state index in [0.29, 0.717) is 0 Å². The van der Waals surface area contributed by atoms with Crippen LogP contribution in [0.25, 0.3) is 0 Å². The van der Waals surface area contributed by atoms with Gasteiger partial charge in [-0.15, -0.1) is 0 Å². The first-order chi connectivity index (χ1) is 8.22. The van der Waals surface area contributed by atoms with Crippen LogP contribution < -0.4 is 10.5 Å². The summed E-state index contributed by atoms with van der Waals surface area (Å²) in [5.41, 5.74) is 7.31. The van der Waals surface area contributed by atoms with Gasteiger partial charge < -0.3 is 10.5 Å². The predicted octanol–water partition coefficient (Wildman–Crippen LogP) is 3.83. The minimum Gasteiger partial charge on any atom is -0.497 e. The molecule has 0 fully saturated rings. The molecule has 0 aromatic heterocycles. The molecule has 0 aliphatic rings. The van der Waals surface area contributed by atoms with E-state index >= 15 is 0 Å². The maximum Gasteiger partial charge on any atom is 0.118 e. The lowest BCUT2D eigenvalue weighted by atomic mass is 9.93. The average molecular weight is 267 g/mol. The van der Waals surface area contributed by atoms with E-state index in [0.717, 1.165) is 17.9 Å². The van der Waals surface area contributed by atoms with Crippen LogP contribution in [0.2, 0.25) is 0 Å². The fourth-order valence-electron chi connectivity index (χ4n) is 2.15. The molecule has 1 aromatic carbocycles. The second kappa shape index (κ2) is 5.98. The molecule has 18 heavy (non-hydrogen) atoms. The SMILES string of the molecule is COc1ccc(CSC(C)(C)CC(C)(C)N)cc1. The lowest BCUT2D eigenvalue weighted by molar-refractivity contribution is 0.414. The number of thioether (sulfide) groups is 1. The van der Waals surface area contributed by atoms with Crippen LogP contribution in [0.1, 0.15) is 39.7 Å². The second-order valence-corrected chi connectivity index (χ2v) is 7.74. The van der Waals surface area contributed by atoms with E-state index in [2.05, 4.69) is 39.8 Å². The maximum atomic E-state index is 6.10. The largest absolute Gasteiger partial charge is 0.497 e. The van der Waals surface area contributed by atoms with E-state index in [-0.39, 0.29) is 10.3 Å². The van der Waals surface area contributed by atoms with Gasteiger partial charge in [0, 0.05) is 16.0 Å². The van der Waals surface area contributed by atoms with Gasteiger partial charge in [0.05, 0.1) is 7.11 Å². The Balaban J connectivity index is 2.53. The summed E-state index contributed by atoms with van der Waals surface area (Å²) in [6, 6.07) is 8.26. The molecule has 0 amide bonds. The smallest absolute Gasteiger partial charge is 0.118 e. The van der Waals surface area contributed by atoms with Crippen molar-refractivity contribution in [1.82, 2.24) is 0 Å². The molecule has 0 heterocycles. The number of hydrogen-bond donors (Lipinski definition) is 1. The topological polar surface area (TPSA) is 35.2 Å². The molecule has 0 saturated carbocycles. The summed E-state index contributed by atoms with van der Waals surface area (Å²) >= 11 is 1.95. The van der Waals surface area contributed by atoms with Crippen molar-refractivity contribution in [3.63, 3.8) is 0 Å². The number of rotatable bonds is 6. The van der Waals surface area contributed by atoms with E-state index < -0.39 is 0 Å². The molecule has 0 bridgehead atoms. The van der Waals surface area contributed by atoms with E-state index in [4.69, 9.17) is 10.5 Å². The Kier molecular flexibility index (Phi) is 5.11. The first kappa shape index (κ1) is 15.4. The zero-order valence-electron chi connectivity index (χ0n) is 12.1. The molecule has 0 atom stereocenters. The molecule has 1 aromatic rings. The van der Waals surface area contributed by atoms with Crippen LogP contribution in [-0.4, -0.2) is 17.4 Å². The van der Waals surface area contributed by atoms with Crippen LogP contribution in [0.4, 0.5) is 0 Å². The Morgan fingerprint density at radius 2 is 1.67 bits per heavy atom. The molecule has 3 heteroatoms. The number of benzene rings is 1. The van der Waals surface area contributed by atoms with Gasteiger partial charge in [-0.2, -0.15) is 11.8 Å². The number of ether oxygens (including phenoxy) is 1. The minimum absolute atomic E-state index is 0.115. The van der Waals surface area contributed by atoms with Crippen molar-refractivity contribution in [3.8, 4) is 5.75 Å². The van der Waals surface area contributed by atoms with Gasteiger partial charge in [-0.25, -0.2) is 0 Å². The fraction of sp³-hybridized carbons (Fsp3) is 0.600. The summed E-state index contributed by atoms with van der Waals surface area (Å²) in [5, 5.41) is 0. The highest BCUT2D eigenvalue weighted by atomic mass is 32.2. The summed E-state index contributed by atoms with van der Waals surface area (Å²) in [6.07, 6.45) is 1.00. The number of hydrogen-bond acceptors (Lipinski definition) is 3. The third-order valence-electron chi connectivity index (χ3n) is 2.67. The van der Waals surface area contributed by atoms with Crippen LogP contribution in [0.5, 0.6) is 5.75 Å². The lowest BCUT2D eigenvalue weighted by Gasteiger charge is -2.31. The van der Waals surface area contributed by atoms with Crippen LogP contribution >= 0.6 is 11.8 Å². The van der Waals surface area contributed by atoms with Crippen molar-refractivity contribution in [2.24, 2.45) is 5.73 Å². The molecule has 2 nitrogen and oxygen atoms in total. The summed E-state index contributed by atoms with van der Waals surface area (Å²) in [7, 11) is 1.69. The molecule has 0 saturated heterocycles. The first-order valence-corrected chi connectivity index (χ1v) is 7.26. The maximum absolute atomic E-state index is 6.10. The first-order valence-electron chi connectivity index (χ1n) is 6.28. The summed E-state index contributed by atoms with van der Waals surface area (Å²) < 4.78 is 5.35. The van der Waals surface area contributed by atoms with Crippen LogP contribution in [0.15, 0.2) is 24.3 Å². The monoisotopic (exact) mass is 267 g/mol. The van der Waals surface area contributed by atoms with E-state index in [9.17, 15) is 0 Å². The minimum atomic E-state index is -0.115. The Bertz CT molecular complexity index is 365. The lowest BCUT2D eigenvalue weighted by Crippen LogP contribution is -2.38. The summed E-state index contributed by atoms with van der Waals surface area (Å²) in [5.74, 6) is 1.92. The van der Waals surface area contributed by atoms with Crippen molar-refractivity contribution in [2.45, 2.75) is 50.2 Å². The quantitative estimate of drug-likeness (QED) is 0.850. The normalized spacial score (nSPS) is 12.6. The highest BCUT2D eigenvalue weighted by molar-refractivity contribution is 7.99. The molecule has 1 rings (SSSR count). The fourth-order valence-corrected chi connectivity index (χ4v) is 3.37. The third-order valence-corrected chi connectivity index (χ3v) is 4.07. The van der Waals surface area contributed by atoms with Gasteiger partial charge in [-0.3, -0.25) is 0 Å². The molecule has 2 N–H and O–H groups in total. The standard InChI is InChI=1S/C15H25NOS/c1-14(2,16)11-15(3,4)18-10-12-6-8-13(17-5)9-7-12/h6-9H,10-11,16H2,1-5H3. The third kappa shape index (κ3) is 5.78. The average Bonchev–Trinajstić information content (AvgIpc) is 2.24. The zero-order valence-corrected chi connectivity index (χ0v) is 12.9. The van der Waals surface area contributed by atoms with Crippen LogP contribution in [-0.2, 0) is 5.75 Å². The van der Waals surface area contributed by atoms with Crippen molar-refractivity contribution in [2.75, 3.05) is 7.11 Å². The molecule has 0 radical (unpaired) electrons. The Hall–Kier alpha value is -0.670. The molecule has 0 unspecified atom stereocenters. The van der Waals surface area contributed by atoms with Crippen LogP contribution in [0.3, 0.4) is 0 Å². The molecule has 0 aliphatic heterocycles.